The summed E-state index contributed by atoms with van der Waals surface area (Å²) < 4.78 is 80.5. The van der Waals surface area contributed by atoms with Crippen LogP contribution in [0.25, 0.3) is 0 Å². The van der Waals surface area contributed by atoms with Crippen molar-refractivity contribution in [2.45, 2.75) is 249 Å². The van der Waals surface area contributed by atoms with Gasteiger partial charge in [-0.2, -0.15) is 0 Å². The van der Waals surface area contributed by atoms with Gasteiger partial charge in [0.05, 0.1) is 48.3 Å². The van der Waals surface area contributed by atoms with Crippen LogP contribution in [0.15, 0.2) is 23.3 Å². The Morgan fingerprint density at radius 3 is 1.81 bits per heavy atom. The van der Waals surface area contributed by atoms with Gasteiger partial charge >= 0.3 is 5.97 Å². The van der Waals surface area contributed by atoms with Gasteiger partial charge in [-0.05, 0) is 111 Å². The third kappa shape index (κ3) is 10.4. The second-order valence-corrected chi connectivity index (χ2v) is 22.8. The monoisotopic (exact) mass is 1040 g/mol. The Morgan fingerprint density at radius 2 is 1.22 bits per heavy atom. The summed E-state index contributed by atoms with van der Waals surface area (Å²) in [5, 5.41) is 45.8. The van der Waals surface area contributed by atoms with Crippen LogP contribution in [0.4, 0.5) is 0 Å². The van der Waals surface area contributed by atoms with Crippen LogP contribution in [0.1, 0.15) is 120 Å². The number of Topliss-reactive ketones (excluding diaryl/α,β-unsaturated/α-hetero) is 1. The molecule has 0 bridgehead atoms. The lowest BCUT2D eigenvalue weighted by Gasteiger charge is -2.63. The fourth-order valence-electron chi connectivity index (χ4n) is 14.5. The van der Waals surface area contributed by atoms with Gasteiger partial charge in [-0.25, -0.2) is 4.79 Å². The normalized spacial score (nSPS) is 50.3. The fourth-order valence-corrected chi connectivity index (χ4v) is 14.5. The quantitative estimate of drug-likeness (QED) is 0.102. The van der Waals surface area contributed by atoms with Gasteiger partial charge in [0.2, 0.25) is 0 Å². The Kier molecular flexibility index (Phi) is 17.8. The first kappa shape index (κ1) is 57.2. The van der Waals surface area contributed by atoms with Gasteiger partial charge in [0.15, 0.2) is 25.2 Å². The zero-order chi connectivity index (χ0) is 53.1. The van der Waals surface area contributed by atoms with Crippen molar-refractivity contribution in [2.24, 2.45) is 28.6 Å². The first-order chi connectivity index (χ1) is 34.6. The molecule has 0 aromatic rings. The van der Waals surface area contributed by atoms with E-state index in [2.05, 4.69) is 13.0 Å². The number of hydrogen-bond acceptors (Lipinski definition) is 19. The highest BCUT2D eigenvalue weighted by Gasteiger charge is 2.71. The standard InChI is InChI=1S/C54H86O19/c1-14-25(2)49(59)70-38-22-35-34(54(60)20-18-33(26(3)55)53(38,54)9)16-15-31-21-32(17-19-52(31,35)8)69-39-23-36(61-10)44(28(5)65-39)71-40-24-37(62-11)45(29(6)66-40)72-51-43(58)48(64-13)46(30(7)68-51)73-50-42(57)47(63-12)41(56)27(4)67-50/h14-15,27-30,32-48,50-51,56-58,60H,16-24H2,1-13H3. The Morgan fingerprint density at radius 1 is 0.658 bits per heavy atom. The smallest absolute Gasteiger partial charge is 0.333 e. The first-order valence-electron chi connectivity index (χ1n) is 26.7. The van der Waals surface area contributed by atoms with E-state index in [-0.39, 0.29) is 41.7 Å². The molecule has 0 aromatic heterocycles. The number of ketones is 1. The van der Waals surface area contributed by atoms with E-state index in [1.807, 2.05) is 20.8 Å². The van der Waals surface area contributed by atoms with Gasteiger partial charge in [-0.1, -0.05) is 31.6 Å². The van der Waals surface area contributed by atoms with Crippen molar-refractivity contribution < 1.29 is 91.6 Å². The Bertz CT molecular complexity index is 1990. The molecule has 4 N–H and O–H groups in total. The number of fused-ring (bicyclic) bond motifs is 5. The maximum atomic E-state index is 13.4. The van der Waals surface area contributed by atoms with Gasteiger partial charge in [0, 0.05) is 58.2 Å². The van der Waals surface area contributed by atoms with E-state index in [0.717, 1.165) is 12.8 Å². The third-order valence-corrected chi connectivity index (χ3v) is 19.0. The average molecular weight is 1040 g/mol. The molecule has 73 heavy (non-hydrogen) atoms. The number of rotatable bonds is 15. The predicted molar refractivity (Wildman–Crippen MR) is 259 cm³/mol. The molecule has 0 amide bonds. The first-order valence-corrected chi connectivity index (χ1v) is 26.7. The van der Waals surface area contributed by atoms with Crippen LogP contribution in [0.5, 0.6) is 0 Å². The average Bonchev–Trinajstić information content (AvgIpc) is 3.65. The number of methoxy groups -OCH3 is 4. The maximum Gasteiger partial charge on any atom is 0.333 e. The highest BCUT2D eigenvalue weighted by molar-refractivity contribution is 5.88. The number of carbonyl (C=O) groups is 2. The Balaban J connectivity index is 0.866. The highest BCUT2D eigenvalue weighted by atomic mass is 16.8. The van der Waals surface area contributed by atoms with Crippen LogP contribution in [-0.2, 0) is 71.2 Å². The van der Waals surface area contributed by atoms with Gasteiger partial charge < -0.3 is 82.0 Å². The third-order valence-electron chi connectivity index (χ3n) is 19.0. The molecule has 0 spiro atoms. The minimum absolute atomic E-state index is 0.0301. The van der Waals surface area contributed by atoms with Crippen molar-refractivity contribution in [2.75, 3.05) is 28.4 Å². The zero-order valence-corrected chi connectivity index (χ0v) is 45.2. The van der Waals surface area contributed by atoms with E-state index in [1.165, 1.54) is 19.8 Å². The van der Waals surface area contributed by atoms with Gasteiger partial charge in [0.1, 0.15) is 60.7 Å². The van der Waals surface area contributed by atoms with Crippen LogP contribution >= 0.6 is 0 Å². The van der Waals surface area contributed by atoms with E-state index in [1.54, 1.807) is 54.9 Å². The highest BCUT2D eigenvalue weighted by Crippen LogP contribution is 2.68. The number of aliphatic hydroxyl groups is 4. The lowest BCUT2D eigenvalue weighted by Crippen LogP contribution is -2.66. The number of ether oxygens (including phenoxy) is 13. The molecule has 19 heteroatoms. The number of aliphatic hydroxyl groups excluding tert-OH is 3. The van der Waals surface area contributed by atoms with Crippen molar-refractivity contribution in [3.8, 4) is 0 Å². The van der Waals surface area contributed by atoms with E-state index in [4.69, 9.17) is 61.6 Å². The summed E-state index contributed by atoms with van der Waals surface area (Å²) >= 11 is 0. The van der Waals surface area contributed by atoms with Gasteiger partial charge in [0.25, 0.3) is 0 Å². The fraction of sp³-hybridized carbons (Fsp3) is 0.889. The summed E-state index contributed by atoms with van der Waals surface area (Å²) in [6.07, 6.45) is -6.01. The number of hydrogen-bond donors (Lipinski definition) is 4. The Labute approximate surface area is 431 Å². The maximum absolute atomic E-state index is 13.4. The molecule has 4 saturated heterocycles. The van der Waals surface area contributed by atoms with Gasteiger partial charge in [-0.3, -0.25) is 4.79 Å². The molecule has 4 heterocycles. The Hall–Kier alpha value is -2.02. The van der Waals surface area contributed by atoms with Crippen molar-refractivity contribution in [1.29, 1.82) is 0 Å². The molecular weight excluding hydrogens is 953 g/mol. The van der Waals surface area contributed by atoms with Crippen LogP contribution in [-0.4, -0.2) is 189 Å². The van der Waals surface area contributed by atoms with E-state index in [9.17, 15) is 30.0 Å². The minimum Gasteiger partial charge on any atom is -0.458 e. The number of allylic oxidation sites excluding steroid dienone is 2. The largest absolute Gasteiger partial charge is 0.458 e. The summed E-state index contributed by atoms with van der Waals surface area (Å²) in [7, 11) is 6.05. The zero-order valence-electron chi connectivity index (χ0n) is 45.2. The van der Waals surface area contributed by atoms with E-state index < -0.39 is 134 Å². The topological polar surface area (TPSA) is 235 Å². The summed E-state index contributed by atoms with van der Waals surface area (Å²) in [5.74, 6) is -0.796. The second kappa shape index (κ2) is 22.8. The summed E-state index contributed by atoms with van der Waals surface area (Å²) in [4.78, 5) is 26.5. The second-order valence-electron chi connectivity index (χ2n) is 22.8. The lowest BCUT2D eigenvalue weighted by molar-refractivity contribution is -0.372. The molecule has 26 unspecified atom stereocenters. The molecule has 4 aliphatic heterocycles. The van der Waals surface area contributed by atoms with Crippen LogP contribution < -0.4 is 0 Å². The summed E-state index contributed by atoms with van der Waals surface area (Å²) in [6, 6.07) is 0. The number of esters is 1. The predicted octanol–water partition coefficient (Wildman–Crippen LogP) is 4.20. The summed E-state index contributed by atoms with van der Waals surface area (Å²) in [5.41, 5.74) is -0.520. The SMILES string of the molecule is CC=C(C)C(=O)OC1CC2C(CC=C3CC(OC4CC(OC)C(OC5CC(OC)C(OC6OC(C)C(OC7OC(C)C(O)C(OC)C7O)C(OC)C6O)C(C)O5)C(C)O4)CCC32C)C2(O)CCC(C(C)=O)C12C. The molecule has 7 fully saturated rings. The molecule has 26 atom stereocenters. The molecule has 8 rings (SSSR count). The molecule has 8 aliphatic rings. The molecule has 416 valence electrons. The van der Waals surface area contributed by atoms with Gasteiger partial charge in [-0.15, -0.1) is 0 Å². The van der Waals surface area contributed by atoms with Crippen LogP contribution in [0, 0.1) is 28.6 Å². The molecule has 0 aromatic carbocycles. The lowest BCUT2D eigenvalue weighted by atomic mass is 9.45. The van der Waals surface area contributed by atoms with E-state index in [0.29, 0.717) is 44.1 Å². The van der Waals surface area contributed by atoms with Crippen molar-refractivity contribution in [1.82, 2.24) is 0 Å². The molecule has 3 saturated carbocycles. The van der Waals surface area contributed by atoms with Crippen molar-refractivity contribution >= 4 is 11.8 Å². The summed E-state index contributed by atoms with van der Waals surface area (Å²) in [6.45, 7) is 16.6. The minimum atomic E-state index is -1.33. The van der Waals surface area contributed by atoms with Crippen molar-refractivity contribution in [3.63, 3.8) is 0 Å². The van der Waals surface area contributed by atoms with Crippen LogP contribution in [0.3, 0.4) is 0 Å². The molecule has 19 nitrogen and oxygen atoms in total. The molecular formula is C54H86O19. The van der Waals surface area contributed by atoms with E-state index >= 15 is 0 Å². The molecule has 4 aliphatic carbocycles. The van der Waals surface area contributed by atoms with Crippen molar-refractivity contribution in [3.05, 3.63) is 23.3 Å². The van der Waals surface area contributed by atoms with Crippen LogP contribution in [0.2, 0.25) is 0 Å². The number of carbonyl (C=O) groups excluding carboxylic acids is 2. The molecule has 0 radical (unpaired) electrons.